The normalized spacial score (nSPS) is 15.3. The molecule has 3 nitrogen and oxygen atoms in total. The Morgan fingerprint density at radius 1 is 1.44 bits per heavy atom. The Morgan fingerprint density at radius 2 is 2.25 bits per heavy atom. The molecule has 3 rings (SSSR count). The molecule has 1 saturated carbocycles. The van der Waals surface area contributed by atoms with Gasteiger partial charge in [-0.25, -0.2) is 0 Å². The molecule has 0 unspecified atom stereocenters. The number of carbonyl (C=O) groups excluding carboxylic acids is 1. The van der Waals surface area contributed by atoms with Crippen molar-refractivity contribution in [3.8, 4) is 0 Å². The number of rotatable bonds is 2. The summed E-state index contributed by atoms with van der Waals surface area (Å²) in [4.78, 5) is 15.0. The fourth-order valence-corrected chi connectivity index (χ4v) is 1.98. The molecule has 0 aliphatic heterocycles. The van der Waals surface area contributed by atoms with Gasteiger partial charge < -0.3 is 10.3 Å². The van der Waals surface area contributed by atoms with E-state index in [0.717, 1.165) is 35.1 Å². The van der Waals surface area contributed by atoms with Gasteiger partial charge in [0.2, 0.25) is 5.91 Å². The predicted molar refractivity (Wildman–Crippen MR) is 64.4 cm³/mol. The maximum Gasteiger partial charge on any atom is 0.227 e. The third-order valence-corrected chi connectivity index (χ3v) is 3.00. The van der Waals surface area contributed by atoms with Crippen molar-refractivity contribution in [2.75, 3.05) is 5.32 Å². The number of anilines is 1. The second kappa shape index (κ2) is 3.37. The van der Waals surface area contributed by atoms with Crippen molar-refractivity contribution in [2.24, 2.45) is 5.92 Å². The number of aryl methyl sites for hydroxylation is 1. The molecular weight excluding hydrogens is 200 g/mol. The molecule has 0 spiro atoms. The molecule has 82 valence electrons. The topological polar surface area (TPSA) is 44.9 Å². The Bertz CT molecular complexity index is 552. The monoisotopic (exact) mass is 214 g/mol. The number of aromatic nitrogens is 1. The van der Waals surface area contributed by atoms with Crippen LogP contribution in [-0.2, 0) is 4.79 Å². The maximum atomic E-state index is 11.7. The second-order valence-electron chi connectivity index (χ2n) is 4.48. The lowest BCUT2D eigenvalue weighted by Gasteiger charge is -2.05. The third kappa shape index (κ3) is 1.58. The van der Waals surface area contributed by atoms with Crippen molar-refractivity contribution in [1.29, 1.82) is 0 Å². The standard InChI is InChI=1S/C13H14N2O/c1-8-7-10-11(14-8)3-2-4-12(10)15-13(16)9-5-6-9/h2-4,7,9,14H,5-6H2,1H3,(H,15,16). The van der Waals surface area contributed by atoms with Gasteiger partial charge in [-0.15, -0.1) is 0 Å². The zero-order chi connectivity index (χ0) is 11.1. The Kier molecular flexibility index (Phi) is 1.99. The Balaban J connectivity index is 1.98. The molecule has 1 amide bonds. The summed E-state index contributed by atoms with van der Waals surface area (Å²) in [7, 11) is 0. The zero-order valence-electron chi connectivity index (χ0n) is 9.21. The van der Waals surface area contributed by atoms with Crippen LogP contribution in [-0.4, -0.2) is 10.9 Å². The number of nitrogens with one attached hydrogen (secondary N) is 2. The quantitative estimate of drug-likeness (QED) is 0.793. The van der Waals surface area contributed by atoms with Gasteiger partial charge >= 0.3 is 0 Å². The molecule has 1 aliphatic rings. The molecule has 1 aromatic heterocycles. The van der Waals surface area contributed by atoms with Gasteiger partial charge in [0.15, 0.2) is 0 Å². The zero-order valence-corrected chi connectivity index (χ0v) is 9.21. The van der Waals surface area contributed by atoms with Crippen LogP contribution in [0.5, 0.6) is 0 Å². The molecule has 0 saturated heterocycles. The van der Waals surface area contributed by atoms with Crippen LogP contribution in [0.3, 0.4) is 0 Å². The first-order valence-electron chi connectivity index (χ1n) is 5.63. The van der Waals surface area contributed by atoms with Gasteiger partial charge in [-0.3, -0.25) is 4.79 Å². The number of fused-ring (bicyclic) bond motifs is 1. The summed E-state index contributed by atoms with van der Waals surface area (Å²) in [5.74, 6) is 0.404. The fourth-order valence-electron chi connectivity index (χ4n) is 1.98. The van der Waals surface area contributed by atoms with E-state index in [1.165, 1.54) is 0 Å². The van der Waals surface area contributed by atoms with Crippen molar-refractivity contribution < 1.29 is 4.79 Å². The van der Waals surface area contributed by atoms with Crippen molar-refractivity contribution in [2.45, 2.75) is 19.8 Å². The highest BCUT2D eigenvalue weighted by atomic mass is 16.2. The van der Waals surface area contributed by atoms with E-state index in [0.29, 0.717) is 0 Å². The summed E-state index contributed by atoms with van der Waals surface area (Å²) >= 11 is 0. The minimum Gasteiger partial charge on any atom is -0.359 e. The first kappa shape index (κ1) is 9.46. The molecule has 2 aromatic rings. The molecule has 1 aromatic carbocycles. The molecular formula is C13H14N2O. The number of hydrogen-bond acceptors (Lipinski definition) is 1. The highest BCUT2D eigenvalue weighted by Gasteiger charge is 2.29. The van der Waals surface area contributed by atoms with Crippen molar-refractivity contribution in [1.82, 2.24) is 4.98 Å². The molecule has 3 heteroatoms. The van der Waals surface area contributed by atoms with Gasteiger partial charge in [-0.05, 0) is 38.0 Å². The van der Waals surface area contributed by atoms with Crippen LogP contribution in [0.4, 0.5) is 5.69 Å². The van der Waals surface area contributed by atoms with E-state index in [1.807, 2.05) is 25.1 Å². The molecule has 2 N–H and O–H groups in total. The summed E-state index contributed by atoms with van der Waals surface area (Å²) in [5.41, 5.74) is 3.10. The van der Waals surface area contributed by atoms with Crippen LogP contribution < -0.4 is 5.32 Å². The summed E-state index contributed by atoms with van der Waals surface area (Å²) in [6.07, 6.45) is 2.07. The van der Waals surface area contributed by atoms with Crippen molar-refractivity contribution in [3.63, 3.8) is 0 Å². The smallest absolute Gasteiger partial charge is 0.227 e. The van der Waals surface area contributed by atoms with Crippen LogP contribution in [0.25, 0.3) is 10.9 Å². The van der Waals surface area contributed by atoms with Crippen LogP contribution >= 0.6 is 0 Å². The SMILES string of the molecule is Cc1cc2c(NC(=O)C3CC3)cccc2[nH]1. The van der Waals surface area contributed by atoms with E-state index in [-0.39, 0.29) is 11.8 Å². The van der Waals surface area contributed by atoms with Gasteiger partial charge in [0.05, 0.1) is 5.69 Å². The van der Waals surface area contributed by atoms with E-state index in [9.17, 15) is 4.79 Å². The summed E-state index contributed by atoms with van der Waals surface area (Å²) in [5, 5.41) is 4.09. The predicted octanol–water partition coefficient (Wildman–Crippen LogP) is 2.82. The fraction of sp³-hybridized carbons (Fsp3) is 0.308. The third-order valence-electron chi connectivity index (χ3n) is 3.00. The number of benzene rings is 1. The average molecular weight is 214 g/mol. The highest BCUT2D eigenvalue weighted by molar-refractivity contribution is 6.02. The van der Waals surface area contributed by atoms with E-state index < -0.39 is 0 Å². The van der Waals surface area contributed by atoms with Crippen LogP contribution in [0, 0.1) is 12.8 Å². The largest absolute Gasteiger partial charge is 0.359 e. The summed E-state index contributed by atoms with van der Waals surface area (Å²) < 4.78 is 0. The van der Waals surface area contributed by atoms with Crippen LogP contribution in [0.15, 0.2) is 24.3 Å². The van der Waals surface area contributed by atoms with E-state index in [2.05, 4.69) is 16.4 Å². The number of carbonyl (C=O) groups is 1. The lowest BCUT2D eigenvalue weighted by Crippen LogP contribution is -2.13. The second-order valence-corrected chi connectivity index (χ2v) is 4.48. The minimum atomic E-state index is 0.159. The van der Waals surface area contributed by atoms with Gasteiger partial charge in [0.25, 0.3) is 0 Å². The molecule has 1 aliphatic carbocycles. The first-order valence-corrected chi connectivity index (χ1v) is 5.63. The Hall–Kier alpha value is -1.77. The van der Waals surface area contributed by atoms with Crippen LogP contribution in [0.1, 0.15) is 18.5 Å². The van der Waals surface area contributed by atoms with Gasteiger partial charge in [0, 0.05) is 22.5 Å². The molecule has 0 bridgehead atoms. The van der Waals surface area contributed by atoms with Crippen molar-refractivity contribution >= 4 is 22.5 Å². The van der Waals surface area contributed by atoms with E-state index in [4.69, 9.17) is 0 Å². The molecule has 0 radical (unpaired) electrons. The number of aromatic amines is 1. The van der Waals surface area contributed by atoms with Gasteiger partial charge in [-0.1, -0.05) is 6.07 Å². The lowest BCUT2D eigenvalue weighted by atomic mass is 10.2. The van der Waals surface area contributed by atoms with Gasteiger partial charge in [0.1, 0.15) is 0 Å². The molecule has 16 heavy (non-hydrogen) atoms. The van der Waals surface area contributed by atoms with Crippen molar-refractivity contribution in [3.05, 3.63) is 30.0 Å². The number of hydrogen-bond donors (Lipinski definition) is 2. The highest BCUT2D eigenvalue weighted by Crippen LogP contribution is 2.31. The molecule has 1 fully saturated rings. The minimum absolute atomic E-state index is 0.159. The Morgan fingerprint density at radius 3 is 3.00 bits per heavy atom. The van der Waals surface area contributed by atoms with Crippen LogP contribution in [0.2, 0.25) is 0 Å². The Labute approximate surface area is 93.9 Å². The number of H-pyrrole nitrogens is 1. The number of amides is 1. The lowest BCUT2D eigenvalue weighted by molar-refractivity contribution is -0.117. The molecule has 1 heterocycles. The maximum absolute atomic E-state index is 11.7. The summed E-state index contributed by atoms with van der Waals surface area (Å²) in [6, 6.07) is 8.00. The van der Waals surface area contributed by atoms with Gasteiger partial charge in [-0.2, -0.15) is 0 Å². The summed E-state index contributed by atoms with van der Waals surface area (Å²) in [6.45, 7) is 2.02. The average Bonchev–Trinajstić information content (AvgIpc) is 3.01. The first-order chi connectivity index (χ1) is 7.74. The van der Waals surface area contributed by atoms with E-state index >= 15 is 0 Å². The van der Waals surface area contributed by atoms with E-state index in [1.54, 1.807) is 0 Å². The molecule has 0 atom stereocenters.